The maximum Gasteiger partial charge on any atom is 0.128 e. The highest BCUT2D eigenvalue weighted by Crippen LogP contribution is 2.39. The molecule has 0 fully saturated rings. The lowest BCUT2D eigenvalue weighted by molar-refractivity contribution is 0.244. The Kier molecular flexibility index (Phi) is 6.53. The summed E-state index contributed by atoms with van der Waals surface area (Å²) in [6.07, 6.45) is 0.252. The number of hydrogen-bond donors (Lipinski definition) is 0. The molecular weight excluding hydrogens is 351 g/mol. The molecule has 0 N–H and O–H groups in total. The first-order valence-electron chi connectivity index (χ1n) is 9.43. The number of hydrogen-bond acceptors (Lipinski definition) is 2. The van der Waals surface area contributed by atoms with E-state index >= 15 is 0 Å². The Bertz CT molecular complexity index is 806. The van der Waals surface area contributed by atoms with Crippen molar-refractivity contribution in [2.24, 2.45) is 0 Å². The second-order valence-electron chi connectivity index (χ2n) is 6.94. The predicted octanol–water partition coefficient (Wildman–Crippen LogP) is 5.02. The highest BCUT2D eigenvalue weighted by Gasteiger charge is 2.24. The van der Waals surface area contributed by atoms with Gasteiger partial charge >= 0.3 is 0 Å². The van der Waals surface area contributed by atoms with Gasteiger partial charge in [0.05, 0.1) is 12.2 Å². The summed E-state index contributed by atoms with van der Waals surface area (Å²) in [5, 5.41) is 3.71. The van der Waals surface area contributed by atoms with E-state index < -0.39 is 7.92 Å². The van der Waals surface area contributed by atoms with Crippen LogP contribution in [0, 0.1) is 0 Å². The van der Waals surface area contributed by atoms with Crippen molar-refractivity contribution in [1.82, 2.24) is 0 Å². The predicted molar refractivity (Wildman–Crippen MR) is 117 cm³/mol. The summed E-state index contributed by atoms with van der Waals surface area (Å²) in [6, 6.07) is 27.4. The number of benzene rings is 3. The molecule has 3 rings (SSSR count). The van der Waals surface area contributed by atoms with Crippen molar-refractivity contribution in [3.63, 3.8) is 0 Å². The Morgan fingerprint density at radius 2 is 0.963 bits per heavy atom. The van der Waals surface area contributed by atoms with E-state index in [9.17, 15) is 0 Å². The largest absolute Gasteiger partial charge is 0.490 e. The van der Waals surface area contributed by atoms with E-state index in [0.717, 1.165) is 11.5 Å². The molecule has 0 unspecified atom stereocenters. The molecule has 3 heteroatoms. The van der Waals surface area contributed by atoms with Gasteiger partial charge in [0.2, 0.25) is 0 Å². The molecule has 0 aliphatic rings. The van der Waals surface area contributed by atoms with Gasteiger partial charge in [-0.2, -0.15) is 0 Å². The van der Waals surface area contributed by atoms with Crippen molar-refractivity contribution in [3.8, 4) is 11.5 Å². The fourth-order valence-electron chi connectivity index (χ4n) is 2.98. The fraction of sp³-hybridized carbons (Fsp3) is 0.250. The molecule has 0 atom stereocenters. The van der Waals surface area contributed by atoms with E-state index in [1.165, 1.54) is 15.9 Å². The number of rotatable bonds is 7. The molecule has 0 radical (unpaired) electrons. The third-order valence-corrected chi connectivity index (χ3v) is 6.47. The molecule has 140 valence electrons. The van der Waals surface area contributed by atoms with Gasteiger partial charge in [-0.1, -0.05) is 66.7 Å². The van der Waals surface area contributed by atoms with Crippen molar-refractivity contribution in [2.75, 3.05) is 0 Å². The van der Waals surface area contributed by atoms with Gasteiger partial charge in [-0.3, -0.25) is 0 Å². The molecule has 3 aromatic carbocycles. The summed E-state index contributed by atoms with van der Waals surface area (Å²) in [6.45, 7) is 8.27. The third kappa shape index (κ3) is 4.90. The number of ether oxygens (including phenoxy) is 2. The van der Waals surface area contributed by atoms with Crippen LogP contribution in [0.15, 0.2) is 78.9 Å². The third-order valence-electron chi connectivity index (χ3n) is 3.95. The van der Waals surface area contributed by atoms with Gasteiger partial charge in [0.1, 0.15) is 11.5 Å². The van der Waals surface area contributed by atoms with E-state index in [4.69, 9.17) is 9.47 Å². The fourth-order valence-corrected chi connectivity index (χ4v) is 5.43. The number of para-hydroxylation sites is 2. The van der Waals surface area contributed by atoms with E-state index in [0.29, 0.717) is 0 Å². The summed E-state index contributed by atoms with van der Waals surface area (Å²) < 4.78 is 12.3. The first-order valence-corrected chi connectivity index (χ1v) is 10.8. The average Bonchev–Trinajstić information content (AvgIpc) is 2.65. The molecule has 27 heavy (non-hydrogen) atoms. The average molecular weight is 378 g/mol. The van der Waals surface area contributed by atoms with Gasteiger partial charge in [-0.25, -0.2) is 0 Å². The minimum Gasteiger partial charge on any atom is -0.490 e. The van der Waals surface area contributed by atoms with Crippen molar-refractivity contribution in [3.05, 3.63) is 78.9 Å². The van der Waals surface area contributed by atoms with Crippen LogP contribution in [0.4, 0.5) is 0 Å². The first-order chi connectivity index (χ1) is 13.1. The van der Waals surface area contributed by atoms with Crippen LogP contribution in [-0.4, -0.2) is 12.2 Å². The summed E-state index contributed by atoms with van der Waals surface area (Å²) >= 11 is 0. The van der Waals surface area contributed by atoms with Gasteiger partial charge in [0, 0.05) is 10.6 Å². The Labute approximate surface area is 163 Å². The van der Waals surface area contributed by atoms with Crippen molar-refractivity contribution in [1.29, 1.82) is 0 Å². The van der Waals surface area contributed by atoms with Crippen LogP contribution in [0.1, 0.15) is 27.7 Å². The van der Waals surface area contributed by atoms with Crippen LogP contribution in [-0.2, 0) is 0 Å². The van der Waals surface area contributed by atoms with E-state index in [2.05, 4.69) is 94.4 Å². The van der Waals surface area contributed by atoms with E-state index in [1.807, 2.05) is 12.1 Å². The molecule has 0 aliphatic carbocycles. The van der Waals surface area contributed by atoms with Gasteiger partial charge in [0.25, 0.3) is 0 Å². The second-order valence-corrected chi connectivity index (χ2v) is 9.09. The molecule has 3 aromatic rings. The van der Waals surface area contributed by atoms with Gasteiger partial charge in [-0.05, 0) is 53.1 Å². The summed E-state index contributed by atoms with van der Waals surface area (Å²) in [4.78, 5) is 0. The molecule has 0 saturated heterocycles. The molecule has 2 nitrogen and oxygen atoms in total. The lowest BCUT2D eigenvalue weighted by Gasteiger charge is -2.25. The molecule has 0 spiro atoms. The molecule has 0 saturated carbocycles. The van der Waals surface area contributed by atoms with Gasteiger partial charge in [-0.15, -0.1) is 0 Å². The van der Waals surface area contributed by atoms with Crippen LogP contribution in [0.25, 0.3) is 0 Å². The topological polar surface area (TPSA) is 18.5 Å². The Balaban J connectivity index is 2.19. The zero-order chi connectivity index (χ0) is 19.2. The van der Waals surface area contributed by atoms with E-state index in [-0.39, 0.29) is 12.2 Å². The Hall–Kier alpha value is -2.31. The maximum absolute atomic E-state index is 6.17. The Morgan fingerprint density at radius 3 is 1.41 bits per heavy atom. The van der Waals surface area contributed by atoms with Crippen molar-refractivity contribution in [2.45, 2.75) is 39.9 Å². The van der Waals surface area contributed by atoms with Crippen LogP contribution >= 0.6 is 7.92 Å². The quantitative estimate of drug-likeness (QED) is 0.538. The maximum atomic E-state index is 6.17. The summed E-state index contributed by atoms with van der Waals surface area (Å²) in [7, 11) is -0.799. The lowest BCUT2D eigenvalue weighted by atomic mass is 10.3. The lowest BCUT2D eigenvalue weighted by Crippen LogP contribution is -2.25. The minimum atomic E-state index is -0.799. The molecular formula is C24H27O2P. The van der Waals surface area contributed by atoms with Gasteiger partial charge in [0.15, 0.2) is 0 Å². The van der Waals surface area contributed by atoms with Crippen LogP contribution in [0.3, 0.4) is 0 Å². The standard InChI is InChI=1S/C24H27O2P/c1-18(2)25-21-14-8-10-16-23(21)27(20-12-6-5-7-13-20)24-17-11-9-15-22(24)26-19(3)4/h5-19H,1-4H3. The molecule has 0 bridgehead atoms. The zero-order valence-electron chi connectivity index (χ0n) is 16.4. The Morgan fingerprint density at radius 1 is 0.556 bits per heavy atom. The molecule has 0 aromatic heterocycles. The van der Waals surface area contributed by atoms with Crippen molar-refractivity contribution >= 4 is 23.8 Å². The van der Waals surface area contributed by atoms with Crippen molar-refractivity contribution < 1.29 is 9.47 Å². The molecule has 0 amide bonds. The monoisotopic (exact) mass is 378 g/mol. The summed E-state index contributed by atoms with van der Waals surface area (Å²) in [5.41, 5.74) is 0. The smallest absolute Gasteiger partial charge is 0.128 e. The van der Waals surface area contributed by atoms with Gasteiger partial charge < -0.3 is 9.47 Å². The molecule has 0 heterocycles. The first kappa shape index (κ1) is 19.5. The second kappa shape index (κ2) is 9.06. The van der Waals surface area contributed by atoms with E-state index in [1.54, 1.807) is 0 Å². The van der Waals surface area contributed by atoms with Crippen LogP contribution in [0.2, 0.25) is 0 Å². The minimum absolute atomic E-state index is 0.126. The normalized spacial score (nSPS) is 11.2. The zero-order valence-corrected chi connectivity index (χ0v) is 17.3. The molecule has 0 aliphatic heterocycles. The SMILES string of the molecule is CC(C)Oc1ccccc1P(c1ccccc1)c1ccccc1OC(C)C. The van der Waals surface area contributed by atoms with Crippen LogP contribution in [0.5, 0.6) is 11.5 Å². The highest BCUT2D eigenvalue weighted by molar-refractivity contribution is 7.80. The summed E-state index contributed by atoms with van der Waals surface area (Å²) in [5.74, 6) is 1.89. The van der Waals surface area contributed by atoms with Crippen LogP contribution < -0.4 is 25.4 Å². The highest BCUT2D eigenvalue weighted by atomic mass is 31.1.